The average molecular weight is 256 g/mol. The first-order chi connectivity index (χ1) is 8.55. The fraction of sp³-hybridized carbons (Fsp3) is 0.929. The van der Waals surface area contributed by atoms with Crippen molar-refractivity contribution in [1.29, 1.82) is 0 Å². The monoisotopic (exact) mass is 256 g/mol. The normalized spacial score (nSPS) is 17.4. The Kier molecular flexibility index (Phi) is 6.47. The van der Waals surface area contributed by atoms with E-state index < -0.39 is 0 Å². The summed E-state index contributed by atoms with van der Waals surface area (Å²) < 4.78 is 0. The lowest BCUT2D eigenvalue weighted by Crippen LogP contribution is -2.44. The Morgan fingerprint density at radius 2 is 1.83 bits per heavy atom. The van der Waals surface area contributed by atoms with Crippen LogP contribution in [0.15, 0.2) is 0 Å². The van der Waals surface area contributed by atoms with Gasteiger partial charge < -0.3 is 15.3 Å². The van der Waals surface area contributed by atoms with Gasteiger partial charge in [0.25, 0.3) is 0 Å². The maximum absolute atomic E-state index is 12.0. The standard InChI is InChI=1S/C14H28N2O2/c1-14(2,8-7-11-17)12-15-13(18)16-9-5-3-4-6-10-16/h17H,3-12H2,1-2H3,(H,15,18). The number of carbonyl (C=O) groups excluding carboxylic acids is 1. The van der Waals surface area contributed by atoms with E-state index in [9.17, 15) is 4.79 Å². The van der Waals surface area contributed by atoms with E-state index in [1.165, 1.54) is 12.8 Å². The van der Waals surface area contributed by atoms with Gasteiger partial charge in [0.05, 0.1) is 0 Å². The molecule has 0 aromatic carbocycles. The molecule has 1 rings (SSSR count). The zero-order valence-corrected chi connectivity index (χ0v) is 11.9. The van der Waals surface area contributed by atoms with Crippen molar-refractivity contribution in [3.63, 3.8) is 0 Å². The second-order valence-electron chi connectivity index (χ2n) is 6.05. The summed E-state index contributed by atoms with van der Waals surface area (Å²) in [6.45, 7) is 6.95. The lowest BCUT2D eigenvalue weighted by Gasteiger charge is -2.27. The molecule has 106 valence electrons. The van der Waals surface area contributed by atoms with Gasteiger partial charge >= 0.3 is 6.03 Å². The van der Waals surface area contributed by atoms with E-state index >= 15 is 0 Å². The van der Waals surface area contributed by atoms with Crippen LogP contribution in [-0.4, -0.2) is 42.3 Å². The van der Waals surface area contributed by atoms with E-state index in [1.807, 2.05) is 4.90 Å². The number of rotatable bonds is 5. The van der Waals surface area contributed by atoms with Crippen LogP contribution in [0.2, 0.25) is 0 Å². The number of nitrogens with one attached hydrogen (secondary N) is 1. The summed E-state index contributed by atoms with van der Waals surface area (Å²) >= 11 is 0. The molecule has 2 amide bonds. The minimum Gasteiger partial charge on any atom is -0.396 e. The van der Waals surface area contributed by atoms with E-state index in [4.69, 9.17) is 5.11 Å². The van der Waals surface area contributed by atoms with Gasteiger partial charge in [0.1, 0.15) is 0 Å². The van der Waals surface area contributed by atoms with Gasteiger partial charge in [0, 0.05) is 26.2 Å². The summed E-state index contributed by atoms with van der Waals surface area (Å²) in [5.41, 5.74) is 0.0598. The Balaban J connectivity index is 2.30. The molecule has 0 bridgehead atoms. The molecule has 0 spiro atoms. The smallest absolute Gasteiger partial charge is 0.317 e. The number of urea groups is 1. The molecule has 1 heterocycles. The fourth-order valence-electron chi connectivity index (χ4n) is 2.35. The lowest BCUT2D eigenvalue weighted by atomic mass is 9.88. The highest BCUT2D eigenvalue weighted by atomic mass is 16.3. The molecule has 1 aliphatic rings. The van der Waals surface area contributed by atoms with Crippen LogP contribution in [0.1, 0.15) is 52.4 Å². The maximum atomic E-state index is 12.0. The number of amides is 2. The van der Waals surface area contributed by atoms with Gasteiger partial charge in [-0.2, -0.15) is 0 Å². The lowest BCUT2D eigenvalue weighted by molar-refractivity contribution is 0.189. The van der Waals surface area contributed by atoms with Gasteiger partial charge in [-0.1, -0.05) is 26.7 Å². The topological polar surface area (TPSA) is 52.6 Å². The minimum absolute atomic E-state index is 0.0598. The molecule has 1 fully saturated rings. The van der Waals surface area contributed by atoms with Crippen LogP contribution < -0.4 is 5.32 Å². The summed E-state index contributed by atoms with van der Waals surface area (Å²) in [7, 11) is 0. The summed E-state index contributed by atoms with van der Waals surface area (Å²) in [5.74, 6) is 0. The third-order valence-corrected chi connectivity index (χ3v) is 3.62. The molecule has 2 N–H and O–H groups in total. The van der Waals surface area contributed by atoms with Crippen molar-refractivity contribution in [3.05, 3.63) is 0 Å². The van der Waals surface area contributed by atoms with Crippen LogP contribution in [0.5, 0.6) is 0 Å². The Bertz CT molecular complexity index is 246. The molecule has 0 saturated carbocycles. The zero-order chi connectivity index (χ0) is 13.4. The molecule has 0 aliphatic carbocycles. The van der Waals surface area contributed by atoms with E-state index in [2.05, 4.69) is 19.2 Å². The maximum Gasteiger partial charge on any atom is 0.317 e. The molecule has 4 heteroatoms. The van der Waals surface area contributed by atoms with Crippen molar-refractivity contribution in [1.82, 2.24) is 10.2 Å². The van der Waals surface area contributed by atoms with Gasteiger partial charge in [-0.15, -0.1) is 0 Å². The molecule has 1 saturated heterocycles. The molecular formula is C14H28N2O2. The first kappa shape index (κ1) is 15.3. The predicted molar refractivity (Wildman–Crippen MR) is 73.5 cm³/mol. The fourth-order valence-corrected chi connectivity index (χ4v) is 2.35. The van der Waals surface area contributed by atoms with Gasteiger partial charge in [-0.3, -0.25) is 0 Å². The number of aliphatic hydroxyl groups excluding tert-OH is 1. The highest BCUT2D eigenvalue weighted by molar-refractivity contribution is 5.74. The van der Waals surface area contributed by atoms with Crippen molar-refractivity contribution in [2.45, 2.75) is 52.4 Å². The summed E-state index contributed by atoms with van der Waals surface area (Å²) in [6, 6.07) is 0.0778. The van der Waals surface area contributed by atoms with Crippen LogP contribution >= 0.6 is 0 Å². The molecule has 0 unspecified atom stereocenters. The van der Waals surface area contributed by atoms with Crippen LogP contribution in [0.3, 0.4) is 0 Å². The van der Waals surface area contributed by atoms with E-state index in [0.29, 0.717) is 6.54 Å². The number of hydrogen-bond acceptors (Lipinski definition) is 2. The molecule has 0 atom stereocenters. The molecular weight excluding hydrogens is 228 g/mol. The Hall–Kier alpha value is -0.770. The van der Waals surface area contributed by atoms with Crippen molar-refractivity contribution < 1.29 is 9.90 Å². The van der Waals surface area contributed by atoms with Crippen molar-refractivity contribution >= 4 is 6.03 Å². The van der Waals surface area contributed by atoms with E-state index in [1.54, 1.807) is 0 Å². The zero-order valence-electron chi connectivity index (χ0n) is 11.9. The van der Waals surface area contributed by atoms with E-state index in [0.717, 1.165) is 38.8 Å². The third kappa shape index (κ3) is 5.71. The second kappa shape index (κ2) is 7.62. The van der Waals surface area contributed by atoms with Crippen LogP contribution in [0.4, 0.5) is 4.79 Å². The molecule has 0 radical (unpaired) electrons. The van der Waals surface area contributed by atoms with Gasteiger partial charge in [-0.05, 0) is 31.1 Å². The van der Waals surface area contributed by atoms with Crippen molar-refractivity contribution in [2.75, 3.05) is 26.2 Å². The number of hydrogen-bond donors (Lipinski definition) is 2. The van der Waals surface area contributed by atoms with E-state index in [-0.39, 0.29) is 18.1 Å². The molecule has 0 aromatic rings. The number of likely N-dealkylation sites (tertiary alicyclic amines) is 1. The SMILES string of the molecule is CC(C)(CCCO)CNC(=O)N1CCCCCC1. The quantitative estimate of drug-likeness (QED) is 0.793. The average Bonchev–Trinajstić information content (AvgIpc) is 2.62. The van der Waals surface area contributed by atoms with Crippen molar-refractivity contribution in [2.24, 2.45) is 5.41 Å². The Labute approximate surface area is 111 Å². The van der Waals surface area contributed by atoms with Crippen molar-refractivity contribution in [3.8, 4) is 0 Å². The summed E-state index contributed by atoms with van der Waals surface area (Å²) in [5, 5.41) is 11.9. The third-order valence-electron chi connectivity index (χ3n) is 3.62. The van der Waals surface area contributed by atoms with Gasteiger partial charge in [0.15, 0.2) is 0 Å². The van der Waals surface area contributed by atoms with Crippen LogP contribution in [0.25, 0.3) is 0 Å². The molecule has 1 aliphatic heterocycles. The van der Waals surface area contributed by atoms with Crippen LogP contribution in [-0.2, 0) is 0 Å². The number of nitrogens with zero attached hydrogens (tertiary/aromatic N) is 1. The molecule has 18 heavy (non-hydrogen) atoms. The highest BCUT2D eigenvalue weighted by Crippen LogP contribution is 2.21. The molecule has 4 nitrogen and oxygen atoms in total. The first-order valence-corrected chi connectivity index (χ1v) is 7.19. The van der Waals surface area contributed by atoms with Crippen LogP contribution in [0, 0.1) is 5.41 Å². The number of aliphatic hydroxyl groups is 1. The summed E-state index contributed by atoms with van der Waals surface area (Å²) in [4.78, 5) is 14.0. The molecule has 0 aromatic heterocycles. The highest BCUT2D eigenvalue weighted by Gasteiger charge is 2.21. The minimum atomic E-state index is 0.0598. The second-order valence-corrected chi connectivity index (χ2v) is 6.05. The summed E-state index contributed by atoms with van der Waals surface area (Å²) in [6.07, 6.45) is 6.47. The largest absolute Gasteiger partial charge is 0.396 e. The van der Waals surface area contributed by atoms with Gasteiger partial charge in [0.2, 0.25) is 0 Å². The Morgan fingerprint density at radius 1 is 1.22 bits per heavy atom. The predicted octanol–water partition coefficient (Wildman–Crippen LogP) is 2.37. The Morgan fingerprint density at radius 3 is 2.39 bits per heavy atom. The first-order valence-electron chi connectivity index (χ1n) is 7.19. The number of carbonyl (C=O) groups is 1. The van der Waals surface area contributed by atoms with Gasteiger partial charge in [-0.25, -0.2) is 4.79 Å².